The summed E-state index contributed by atoms with van der Waals surface area (Å²) in [5.74, 6) is -2.77. The van der Waals surface area contributed by atoms with Gasteiger partial charge in [0.1, 0.15) is 12.4 Å². The van der Waals surface area contributed by atoms with Gasteiger partial charge in [0.15, 0.2) is 0 Å². The van der Waals surface area contributed by atoms with Gasteiger partial charge in [0.05, 0.1) is 12.5 Å². The zero-order chi connectivity index (χ0) is 33.8. The van der Waals surface area contributed by atoms with Crippen LogP contribution in [0, 0.1) is 5.92 Å². The number of rotatable bonds is 13. The van der Waals surface area contributed by atoms with Gasteiger partial charge in [-0.1, -0.05) is 43.7 Å². The molecule has 1 saturated heterocycles. The predicted molar refractivity (Wildman–Crippen MR) is 163 cm³/mol. The van der Waals surface area contributed by atoms with E-state index in [0.29, 0.717) is 49.3 Å². The molecule has 0 radical (unpaired) electrons. The Bertz CT molecular complexity index is 1550. The molecule has 1 aliphatic rings. The summed E-state index contributed by atoms with van der Waals surface area (Å²) < 4.78 is 48.3. The van der Waals surface area contributed by atoms with E-state index in [1.807, 2.05) is 11.8 Å². The molecule has 1 unspecified atom stereocenters. The Morgan fingerprint density at radius 1 is 1.06 bits per heavy atom. The highest BCUT2D eigenvalue weighted by molar-refractivity contribution is 5.88. The summed E-state index contributed by atoms with van der Waals surface area (Å²) in [6.07, 6.45) is 0.641. The van der Waals surface area contributed by atoms with Gasteiger partial charge in [0.2, 0.25) is 5.95 Å². The van der Waals surface area contributed by atoms with Crippen LogP contribution in [-0.2, 0) is 38.6 Å². The van der Waals surface area contributed by atoms with Crippen LogP contribution in [0.25, 0.3) is 0 Å². The van der Waals surface area contributed by atoms with E-state index in [9.17, 15) is 32.3 Å². The van der Waals surface area contributed by atoms with E-state index in [-0.39, 0.29) is 13.2 Å². The Kier molecular flexibility index (Phi) is 12.2. The number of esters is 2. The fraction of sp³-hybridized carbons (Fsp3) is 0.452. The topological polar surface area (TPSA) is 158 Å². The van der Waals surface area contributed by atoms with Crippen LogP contribution >= 0.6 is 0 Å². The van der Waals surface area contributed by atoms with E-state index in [1.165, 1.54) is 4.57 Å². The van der Waals surface area contributed by atoms with Crippen molar-refractivity contribution in [3.05, 3.63) is 76.6 Å². The van der Waals surface area contributed by atoms with E-state index < -0.39 is 42.4 Å². The third-order valence-corrected chi connectivity index (χ3v) is 7.40. The second kappa shape index (κ2) is 16.5. The minimum absolute atomic E-state index is 0.125. The number of piperidine rings is 1. The van der Waals surface area contributed by atoms with Crippen LogP contribution in [0.1, 0.15) is 43.7 Å². The number of carbonyl (C=O) groups is 3. The fourth-order valence-corrected chi connectivity index (χ4v) is 5.09. The maximum Gasteiger partial charge on any atom is 0.491 e. The summed E-state index contributed by atoms with van der Waals surface area (Å²) in [5.41, 5.74) is 0.732. The molecule has 13 nitrogen and oxygen atoms in total. The molecule has 3 heterocycles. The van der Waals surface area contributed by atoms with Crippen molar-refractivity contribution < 1.29 is 37.0 Å². The first kappa shape index (κ1) is 34.8. The zero-order valence-corrected chi connectivity index (χ0v) is 25.7. The Hall–Kier alpha value is -5.02. The smallest absolute Gasteiger partial charge is 0.445 e. The summed E-state index contributed by atoms with van der Waals surface area (Å²) in [6.45, 7) is 3.50. The van der Waals surface area contributed by atoms with Crippen LogP contribution in [0.2, 0.25) is 0 Å². The number of benzene rings is 1. The van der Waals surface area contributed by atoms with E-state index in [2.05, 4.69) is 30.3 Å². The molecule has 1 atom stereocenters. The summed E-state index contributed by atoms with van der Waals surface area (Å²) in [6, 6.07) is 9.15. The number of nitrogens with one attached hydrogen (secondary N) is 2. The van der Waals surface area contributed by atoms with E-state index in [4.69, 9.17) is 4.74 Å². The van der Waals surface area contributed by atoms with Crippen LogP contribution in [-0.4, -0.2) is 69.4 Å². The molecule has 1 aliphatic heterocycles. The first-order valence-corrected chi connectivity index (χ1v) is 15.2. The molecule has 0 spiro atoms. The highest BCUT2D eigenvalue weighted by Crippen LogP contribution is 2.25. The summed E-state index contributed by atoms with van der Waals surface area (Å²) >= 11 is 0. The third kappa shape index (κ3) is 10.8. The van der Waals surface area contributed by atoms with Gasteiger partial charge in [-0.2, -0.15) is 18.2 Å². The first-order chi connectivity index (χ1) is 22.5. The molecule has 2 N–H and O–H groups in total. The van der Waals surface area contributed by atoms with Crippen molar-refractivity contribution in [1.82, 2.24) is 24.8 Å². The normalized spacial score (nSPS) is 14.3. The molecular weight excluding hydrogens is 623 g/mol. The molecule has 252 valence electrons. The maximum atomic E-state index is 13.2. The van der Waals surface area contributed by atoms with Gasteiger partial charge in [0.25, 0.3) is 0 Å². The number of anilines is 2. The molecule has 0 saturated carbocycles. The van der Waals surface area contributed by atoms with Crippen molar-refractivity contribution >= 4 is 29.8 Å². The first-order valence-electron chi connectivity index (χ1n) is 15.2. The van der Waals surface area contributed by atoms with Crippen molar-refractivity contribution in [2.45, 2.75) is 64.4 Å². The minimum atomic E-state index is -5.39. The van der Waals surface area contributed by atoms with Crippen molar-refractivity contribution in [2.75, 3.05) is 29.9 Å². The number of hydrogen-bond acceptors (Lipinski definition) is 11. The number of aryl methyl sites for hydroxylation is 1. The molecule has 16 heteroatoms. The van der Waals surface area contributed by atoms with Gasteiger partial charge in [-0.05, 0) is 36.8 Å². The lowest BCUT2D eigenvalue weighted by Gasteiger charge is -2.34. The Labute approximate surface area is 268 Å². The molecule has 0 aliphatic carbocycles. The van der Waals surface area contributed by atoms with Gasteiger partial charge in [-0.3, -0.25) is 9.36 Å². The lowest BCUT2D eigenvalue weighted by atomic mass is 9.96. The van der Waals surface area contributed by atoms with Crippen molar-refractivity contribution in [3.8, 4) is 0 Å². The van der Waals surface area contributed by atoms with Crippen LogP contribution in [0.15, 0.2) is 59.8 Å². The Balaban J connectivity index is 1.45. The highest BCUT2D eigenvalue weighted by atomic mass is 19.4. The number of nitrogens with zero attached hydrogens (tertiary/aromatic N) is 5. The number of carbonyl (C=O) groups excluding carboxylic acids is 3. The van der Waals surface area contributed by atoms with Crippen LogP contribution in [0.4, 0.5) is 29.7 Å². The molecule has 4 rings (SSSR count). The second-order valence-electron chi connectivity index (χ2n) is 11.0. The lowest BCUT2D eigenvalue weighted by Crippen LogP contribution is -2.43. The molecule has 47 heavy (non-hydrogen) atoms. The van der Waals surface area contributed by atoms with E-state index in [0.717, 1.165) is 24.8 Å². The third-order valence-electron chi connectivity index (χ3n) is 7.40. The largest absolute Gasteiger partial charge is 0.491 e. The van der Waals surface area contributed by atoms with Crippen LogP contribution in [0.5, 0.6) is 0 Å². The van der Waals surface area contributed by atoms with Crippen molar-refractivity contribution in [1.29, 1.82) is 0 Å². The number of ether oxygens (including phenoxy) is 2. The number of aromatic nitrogens is 4. The number of amides is 1. The Morgan fingerprint density at radius 2 is 1.77 bits per heavy atom. The quantitative estimate of drug-likeness (QED) is 0.204. The summed E-state index contributed by atoms with van der Waals surface area (Å²) in [7, 11) is 0. The summed E-state index contributed by atoms with van der Waals surface area (Å²) in [4.78, 5) is 64.0. The highest BCUT2D eigenvalue weighted by Gasteiger charge is 2.42. The number of hydrogen-bond donors (Lipinski definition) is 2. The molecule has 0 bridgehead atoms. The molecule has 1 aromatic carbocycles. The standard InChI is InChI=1S/C31H36F3N7O6/c1-2-7-23-18-41(29(44)39-26(23)40-14-10-21(11-15-40)17-37-28-35-12-6-13-36-28)19-24(16-25(42)47-27(43)31(32,33)34)38-30(45)46-20-22-8-4-3-5-9-22/h3-6,8-9,12-13,18,21,24H,2,7,10-11,14-17,19-20H2,1H3,(H,38,45)(H,35,36,37). The molecule has 2 aromatic heterocycles. The van der Waals surface area contributed by atoms with Gasteiger partial charge in [-0.15, -0.1) is 0 Å². The van der Waals surface area contributed by atoms with E-state index >= 15 is 0 Å². The number of alkyl halides is 3. The minimum Gasteiger partial charge on any atom is -0.445 e. The lowest BCUT2D eigenvalue weighted by molar-refractivity contribution is -0.202. The second-order valence-corrected chi connectivity index (χ2v) is 11.0. The fourth-order valence-electron chi connectivity index (χ4n) is 5.09. The van der Waals surface area contributed by atoms with Gasteiger partial charge in [-0.25, -0.2) is 24.4 Å². The number of halogens is 3. The number of alkyl carbamates (subject to hydrolysis) is 1. The van der Waals surface area contributed by atoms with Gasteiger partial charge in [0, 0.05) is 50.3 Å². The molecule has 3 aromatic rings. The average Bonchev–Trinajstić information content (AvgIpc) is 3.05. The zero-order valence-electron chi connectivity index (χ0n) is 25.7. The van der Waals surface area contributed by atoms with Crippen LogP contribution in [0.3, 0.4) is 0 Å². The SMILES string of the molecule is CCCc1cn(CC(CC(=O)OC(=O)C(F)(F)F)NC(=O)OCc2ccccc2)c(=O)nc1N1CCC(CNc2ncccn2)CC1. The maximum absolute atomic E-state index is 13.2. The molecular formula is C31H36F3N7O6. The molecule has 1 amide bonds. The monoisotopic (exact) mass is 659 g/mol. The van der Waals surface area contributed by atoms with Gasteiger partial charge >= 0.3 is 29.9 Å². The van der Waals surface area contributed by atoms with Crippen LogP contribution < -0.4 is 21.2 Å². The van der Waals surface area contributed by atoms with Crippen molar-refractivity contribution in [3.63, 3.8) is 0 Å². The molecule has 1 fully saturated rings. The predicted octanol–water partition coefficient (Wildman–Crippen LogP) is 3.63. The Morgan fingerprint density at radius 3 is 2.43 bits per heavy atom. The van der Waals surface area contributed by atoms with E-state index in [1.54, 1.807) is 55.0 Å². The average molecular weight is 660 g/mol. The van der Waals surface area contributed by atoms with Crippen molar-refractivity contribution in [2.24, 2.45) is 5.92 Å². The van der Waals surface area contributed by atoms with Gasteiger partial charge < -0.3 is 25.0 Å². The summed E-state index contributed by atoms with van der Waals surface area (Å²) in [5, 5.41) is 5.64.